The van der Waals surface area contributed by atoms with Crippen molar-refractivity contribution < 1.29 is 13.6 Å². The number of hydrogen-bond acceptors (Lipinski definition) is 4. The minimum atomic E-state index is -0.357. The van der Waals surface area contributed by atoms with Gasteiger partial charge in [0, 0.05) is 24.5 Å². The smallest absolute Gasteiger partial charge is 0.274 e. The third-order valence-corrected chi connectivity index (χ3v) is 3.09. The van der Waals surface area contributed by atoms with Crippen LogP contribution in [0.3, 0.4) is 0 Å². The van der Waals surface area contributed by atoms with Gasteiger partial charge in [-0.2, -0.15) is 0 Å². The van der Waals surface area contributed by atoms with Crippen molar-refractivity contribution in [2.24, 2.45) is 0 Å². The Morgan fingerprint density at radius 3 is 2.59 bits per heavy atom. The van der Waals surface area contributed by atoms with Crippen LogP contribution in [0.25, 0.3) is 11.3 Å². The first-order valence-corrected chi connectivity index (χ1v) is 6.60. The molecule has 0 aliphatic rings. The second-order valence-corrected chi connectivity index (χ2v) is 4.58. The molecule has 0 spiro atoms. The van der Waals surface area contributed by atoms with E-state index in [1.165, 1.54) is 30.7 Å². The number of carbonyl (C=O) groups excluding carboxylic acids is 1. The molecule has 0 saturated carbocycles. The molecule has 3 rings (SSSR count). The van der Waals surface area contributed by atoms with Gasteiger partial charge in [0.05, 0.1) is 0 Å². The van der Waals surface area contributed by atoms with Crippen molar-refractivity contribution in [3.8, 4) is 11.3 Å². The van der Waals surface area contributed by atoms with E-state index in [0.717, 1.165) is 5.56 Å². The number of hydrogen-bond donors (Lipinski definition) is 1. The van der Waals surface area contributed by atoms with Crippen LogP contribution in [0.1, 0.15) is 16.1 Å². The summed E-state index contributed by atoms with van der Waals surface area (Å²) in [6.07, 6.45) is 4.50. The molecule has 0 aliphatic carbocycles. The lowest BCUT2D eigenvalue weighted by Crippen LogP contribution is -2.23. The molecule has 1 amide bonds. The zero-order valence-corrected chi connectivity index (χ0v) is 11.5. The molecular weight excluding hydrogens is 285 g/mol. The Kier molecular flexibility index (Phi) is 3.91. The molecule has 22 heavy (non-hydrogen) atoms. The number of carbonyl (C=O) groups is 1. The van der Waals surface area contributed by atoms with Gasteiger partial charge in [-0.05, 0) is 42.0 Å². The van der Waals surface area contributed by atoms with Crippen LogP contribution in [0.2, 0.25) is 0 Å². The Hall–Kier alpha value is -3.02. The number of nitrogens with one attached hydrogen (secondary N) is 1. The molecule has 0 unspecified atom stereocenters. The van der Waals surface area contributed by atoms with Gasteiger partial charge in [-0.15, -0.1) is 0 Å². The molecule has 0 bridgehead atoms. The maximum atomic E-state index is 13.0. The van der Waals surface area contributed by atoms with Gasteiger partial charge in [-0.3, -0.25) is 9.78 Å². The normalized spacial score (nSPS) is 10.4. The average molecular weight is 297 g/mol. The van der Waals surface area contributed by atoms with E-state index in [4.69, 9.17) is 4.42 Å². The minimum Gasteiger partial charge on any atom is -0.443 e. The van der Waals surface area contributed by atoms with Crippen molar-refractivity contribution in [1.29, 1.82) is 0 Å². The summed E-state index contributed by atoms with van der Waals surface area (Å²) in [5.74, 6) is -0.399. The molecule has 0 aliphatic heterocycles. The topological polar surface area (TPSA) is 68.0 Å². The minimum absolute atomic E-state index is 0.167. The van der Waals surface area contributed by atoms with E-state index in [1.54, 1.807) is 12.4 Å². The summed E-state index contributed by atoms with van der Waals surface area (Å²) < 4.78 is 18.2. The fourth-order valence-electron chi connectivity index (χ4n) is 1.98. The number of halogens is 1. The first-order valence-electron chi connectivity index (χ1n) is 6.60. The quantitative estimate of drug-likeness (QED) is 0.804. The molecular formula is C16H12FN3O2. The summed E-state index contributed by atoms with van der Waals surface area (Å²) >= 11 is 0. The lowest BCUT2D eigenvalue weighted by atomic mass is 10.1. The molecule has 0 fully saturated rings. The molecule has 6 heteroatoms. The highest BCUT2D eigenvalue weighted by atomic mass is 19.1. The lowest BCUT2D eigenvalue weighted by Gasteiger charge is -2.04. The van der Waals surface area contributed by atoms with E-state index in [0.29, 0.717) is 17.9 Å². The Bertz CT molecular complexity index is 770. The van der Waals surface area contributed by atoms with Crippen LogP contribution in [-0.4, -0.2) is 15.9 Å². The van der Waals surface area contributed by atoms with E-state index in [9.17, 15) is 9.18 Å². The van der Waals surface area contributed by atoms with Crippen LogP contribution in [0.15, 0.2) is 59.6 Å². The largest absolute Gasteiger partial charge is 0.443 e. The molecule has 2 aromatic heterocycles. The first kappa shape index (κ1) is 13.9. The van der Waals surface area contributed by atoms with Crippen molar-refractivity contribution in [1.82, 2.24) is 15.3 Å². The second-order valence-electron chi connectivity index (χ2n) is 4.58. The average Bonchev–Trinajstić information content (AvgIpc) is 3.04. The third-order valence-electron chi connectivity index (χ3n) is 3.09. The summed E-state index contributed by atoms with van der Waals surface area (Å²) in [6.45, 7) is 0.358. The zero-order valence-electron chi connectivity index (χ0n) is 11.5. The summed E-state index contributed by atoms with van der Waals surface area (Å²) in [4.78, 5) is 20.1. The van der Waals surface area contributed by atoms with Crippen LogP contribution >= 0.6 is 0 Å². The maximum Gasteiger partial charge on any atom is 0.274 e. The van der Waals surface area contributed by atoms with E-state index < -0.39 is 0 Å². The van der Waals surface area contributed by atoms with Gasteiger partial charge < -0.3 is 9.73 Å². The predicted octanol–water partition coefficient (Wildman–Crippen LogP) is 2.81. The highest BCUT2D eigenvalue weighted by molar-refractivity contribution is 5.97. The molecule has 2 heterocycles. The van der Waals surface area contributed by atoms with Gasteiger partial charge in [-0.25, -0.2) is 9.37 Å². The van der Waals surface area contributed by atoms with Gasteiger partial charge in [0.15, 0.2) is 17.8 Å². The number of oxazole rings is 1. The molecule has 5 nitrogen and oxygen atoms in total. The van der Waals surface area contributed by atoms with Crippen molar-refractivity contribution in [3.63, 3.8) is 0 Å². The van der Waals surface area contributed by atoms with Crippen LogP contribution < -0.4 is 5.32 Å². The molecule has 1 aromatic carbocycles. The van der Waals surface area contributed by atoms with Crippen molar-refractivity contribution in [2.45, 2.75) is 6.54 Å². The highest BCUT2D eigenvalue weighted by Gasteiger charge is 2.18. The number of benzene rings is 1. The summed E-state index contributed by atoms with van der Waals surface area (Å²) in [7, 11) is 0. The monoisotopic (exact) mass is 297 g/mol. The van der Waals surface area contributed by atoms with Gasteiger partial charge in [-0.1, -0.05) is 0 Å². The van der Waals surface area contributed by atoms with Crippen molar-refractivity contribution >= 4 is 5.91 Å². The fourth-order valence-corrected chi connectivity index (χ4v) is 1.98. The van der Waals surface area contributed by atoms with Gasteiger partial charge >= 0.3 is 0 Å². The Labute approximate surface area is 125 Å². The van der Waals surface area contributed by atoms with Crippen LogP contribution in [0.4, 0.5) is 4.39 Å². The molecule has 0 radical (unpaired) electrons. The van der Waals surface area contributed by atoms with Gasteiger partial charge in [0.25, 0.3) is 5.91 Å². The third kappa shape index (κ3) is 3.01. The van der Waals surface area contributed by atoms with Gasteiger partial charge in [0.2, 0.25) is 0 Å². The number of rotatable bonds is 4. The van der Waals surface area contributed by atoms with Crippen LogP contribution in [0.5, 0.6) is 0 Å². The second kappa shape index (κ2) is 6.17. The Morgan fingerprint density at radius 2 is 1.86 bits per heavy atom. The van der Waals surface area contributed by atoms with Gasteiger partial charge in [0.1, 0.15) is 5.82 Å². The van der Waals surface area contributed by atoms with E-state index in [2.05, 4.69) is 15.3 Å². The number of nitrogens with zero attached hydrogens (tertiary/aromatic N) is 2. The molecule has 0 atom stereocenters. The molecule has 3 aromatic rings. The Balaban J connectivity index is 1.76. The molecule has 110 valence electrons. The lowest BCUT2D eigenvalue weighted by molar-refractivity contribution is 0.0946. The van der Waals surface area contributed by atoms with Crippen LogP contribution in [0, 0.1) is 5.82 Å². The molecule has 1 N–H and O–H groups in total. The first-order chi connectivity index (χ1) is 10.7. The maximum absolute atomic E-state index is 13.0. The highest BCUT2D eigenvalue weighted by Crippen LogP contribution is 2.23. The van der Waals surface area contributed by atoms with Crippen molar-refractivity contribution in [3.05, 3.63) is 72.3 Å². The fraction of sp³-hybridized carbons (Fsp3) is 0.0625. The molecule has 0 saturated heterocycles. The van der Waals surface area contributed by atoms with E-state index in [1.807, 2.05) is 12.1 Å². The summed E-state index contributed by atoms with van der Waals surface area (Å²) in [5.41, 5.74) is 1.68. The van der Waals surface area contributed by atoms with E-state index in [-0.39, 0.29) is 17.4 Å². The predicted molar refractivity (Wildman–Crippen MR) is 77.3 cm³/mol. The summed E-state index contributed by atoms with van der Waals surface area (Å²) in [5, 5.41) is 2.76. The number of amides is 1. The SMILES string of the molecule is O=C(NCc1ccncc1)c1ncoc1-c1ccc(F)cc1. The number of pyridine rings is 1. The number of aromatic nitrogens is 2. The Morgan fingerprint density at radius 1 is 1.14 bits per heavy atom. The zero-order chi connectivity index (χ0) is 15.4. The van der Waals surface area contributed by atoms with Crippen LogP contribution in [-0.2, 0) is 6.54 Å². The summed E-state index contributed by atoms with van der Waals surface area (Å²) in [6, 6.07) is 9.30. The van der Waals surface area contributed by atoms with E-state index >= 15 is 0 Å². The van der Waals surface area contributed by atoms with Crippen molar-refractivity contribution in [2.75, 3.05) is 0 Å². The standard InChI is InChI=1S/C16H12FN3O2/c17-13-3-1-12(2-4-13)15-14(20-10-22-15)16(21)19-9-11-5-7-18-8-6-11/h1-8,10H,9H2,(H,19,21).